The molecule has 0 aliphatic carbocycles. The summed E-state index contributed by atoms with van der Waals surface area (Å²) >= 11 is 2.80. The van der Waals surface area contributed by atoms with Crippen molar-refractivity contribution < 1.29 is 14.2 Å². The van der Waals surface area contributed by atoms with Crippen molar-refractivity contribution in [3.63, 3.8) is 0 Å². The molecule has 4 rings (SSSR count). The lowest BCUT2D eigenvalue weighted by molar-refractivity contribution is 0.324. The Kier molecular flexibility index (Phi) is 4.54. The molecule has 1 aromatic carbocycles. The van der Waals surface area contributed by atoms with Gasteiger partial charge in [-0.25, -0.2) is 4.40 Å². The Morgan fingerprint density at radius 3 is 2.41 bits per heavy atom. The van der Waals surface area contributed by atoms with E-state index in [9.17, 15) is 4.79 Å². The van der Waals surface area contributed by atoms with Crippen molar-refractivity contribution in [2.45, 2.75) is 0 Å². The Morgan fingerprint density at radius 2 is 1.81 bits per heavy atom. The molecule has 4 aromatic rings. The van der Waals surface area contributed by atoms with Gasteiger partial charge in [-0.1, -0.05) is 17.4 Å². The molecule has 3 heterocycles. The minimum atomic E-state index is -0.155. The van der Waals surface area contributed by atoms with Crippen LogP contribution in [-0.4, -0.2) is 35.9 Å². The molecule has 0 atom stereocenters. The number of benzene rings is 1. The molecular weight excluding hydrogens is 386 g/mol. The average molecular weight is 401 g/mol. The third-order valence-electron chi connectivity index (χ3n) is 3.97. The molecule has 138 valence electrons. The van der Waals surface area contributed by atoms with Crippen molar-refractivity contribution in [3.8, 4) is 28.0 Å². The summed E-state index contributed by atoms with van der Waals surface area (Å²) in [6.07, 6.45) is 1.78. The Balaban J connectivity index is 1.89. The van der Waals surface area contributed by atoms with E-state index in [1.165, 1.54) is 22.7 Å². The molecule has 0 saturated heterocycles. The first-order chi connectivity index (χ1) is 13.2. The molecule has 27 heavy (non-hydrogen) atoms. The normalized spacial score (nSPS) is 11.9. The smallest absolute Gasteiger partial charge is 0.276 e. The van der Waals surface area contributed by atoms with Gasteiger partial charge in [0.15, 0.2) is 17.3 Å². The zero-order chi connectivity index (χ0) is 19.0. The molecule has 3 aromatic heterocycles. The first-order valence-electron chi connectivity index (χ1n) is 7.89. The van der Waals surface area contributed by atoms with E-state index in [0.29, 0.717) is 32.6 Å². The second-order valence-corrected chi connectivity index (χ2v) is 7.45. The summed E-state index contributed by atoms with van der Waals surface area (Å²) < 4.78 is 18.2. The molecular formula is C18H15N3O4S2. The second kappa shape index (κ2) is 7.01. The van der Waals surface area contributed by atoms with Crippen molar-refractivity contribution in [2.75, 3.05) is 21.3 Å². The SMILES string of the molecule is COc1cc(C=c2sc3nnc(-c4cccs4)n3c2=O)cc(OC)c1OC. The molecule has 0 amide bonds. The minimum Gasteiger partial charge on any atom is -0.493 e. The van der Waals surface area contributed by atoms with Crippen LogP contribution >= 0.6 is 22.7 Å². The first-order valence-corrected chi connectivity index (χ1v) is 9.59. The number of thiophene rings is 1. The van der Waals surface area contributed by atoms with Crippen molar-refractivity contribution in [3.05, 3.63) is 50.1 Å². The highest BCUT2D eigenvalue weighted by molar-refractivity contribution is 7.15. The number of thiazole rings is 1. The van der Waals surface area contributed by atoms with E-state index in [-0.39, 0.29) is 5.56 Å². The summed E-state index contributed by atoms with van der Waals surface area (Å²) in [5.41, 5.74) is 0.605. The standard InChI is InChI=1S/C18H15N3O4S2/c1-23-11-7-10(8-12(24-2)15(11)25-3)9-14-17(22)21-16(13-5-4-6-26-13)19-20-18(21)27-14/h4-9H,1-3H3. The fraction of sp³-hybridized carbons (Fsp3) is 0.167. The number of aromatic nitrogens is 3. The maximum absolute atomic E-state index is 12.9. The molecule has 0 aliphatic heterocycles. The number of hydrogen-bond donors (Lipinski definition) is 0. The molecule has 9 heteroatoms. The van der Waals surface area contributed by atoms with Gasteiger partial charge in [-0.15, -0.1) is 21.5 Å². The zero-order valence-electron chi connectivity index (χ0n) is 14.8. The summed E-state index contributed by atoms with van der Waals surface area (Å²) in [7, 11) is 4.66. The maximum atomic E-state index is 12.9. The highest BCUT2D eigenvalue weighted by Gasteiger charge is 2.16. The molecule has 0 unspecified atom stereocenters. The first kappa shape index (κ1) is 17.5. The van der Waals surface area contributed by atoms with Gasteiger partial charge in [-0.2, -0.15) is 0 Å². The van der Waals surface area contributed by atoms with Crippen LogP contribution in [0.1, 0.15) is 5.56 Å². The van der Waals surface area contributed by atoms with Crippen LogP contribution in [0, 0.1) is 0 Å². The predicted molar refractivity (Wildman–Crippen MR) is 105 cm³/mol. The van der Waals surface area contributed by atoms with Gasteiger partial charge in [0.25, 0.3) is 5.56 Å². The monoisotopic (exact) mass is 401 g/mol. The predicted octanol–water partition coefficient (Wildman–Crippen LogP) is 2.45. The van der Waals surface area contributed by atoms with Gasteiger partial charge in [0.2, 0.25) is 10.7 Å². The molecule has 0 aliphatic rings. The third kappa shape index (κ3) is 2.94. The molecule has 0 fully saturated rings. The van der Waals surface area contributed by atoms with E-state index in [2.05, 4.69) is 10.2 Å². The number of rotatable bonds is 5. The van der Waals surface area contributed by atoms with Crippen molar-refractivity contribution in [2.24, 2.45) is 0 Å². The second-order valence-electron chi connectivity index (χ2n) is 5.49. The van der Waals surface area contributed by atoms with Crippen LogP contribution in [-0.2, 0) is 0 Å². The van der Waals surface area contributed by atoms with Crippen molar-refractivity contribution >= 4 is 33.7 Å². The van der Waals surface area contributed by atoms with Crippen LogP contribution < -0.4 is 24.3 Å². The van der Waals surface area contributed by atoms with Crippen LogP contribution in [0.4, 0.5) is 0 Å². The fourth-order valence-electron chi connectivity index (χ4n) is 2.76. The van der Waals surface area contributed by atoms with E-state index in [1.54, 1.807) is 43.9 Å². The van der Waals surface area contributed by atoms with Gasteiger partial charge >= 0.3 is 0 Å². The lowest BCUT2D eigenvalue weighted by atomic mass is 10.1. The van der Waals surface area contributed by atoms with Crippen molar-refractivity contribution in [1.29, 1.82) is 0 Å². The average Bonchev–Trinajstić information content (AvgIpc) is 3.40. The summed E-state index contributed by atoms with van der Waals surface area (Å²) in [4.78, 5) is 14.4. The number of methoxy groups -OCH3 is 3. The largest absolute Gasteiger partial charge is 0.493 e. The molecule has 0 radical (unpaired) electrons. The molecule has 7 nitrogen and oxygen atoms in total. The van der Waals surface area contributed by atoms with Crippen LogP contribution in [0.15, 0.2) is 34.4 Å². The lowest BCUT2D eigenvalue weighted by Gasteiger charge is -2.12. The minimum absolute atomic E-state index is 0.155. The fourth-order valence-corrected chi connectivity index (χ4v) is 4.38. The topological polar surface area (TPSA) is 75.0 Å². The van der Waals surface area contributed by atoms with E-state index >= 15 is 0 Å². The van der Waals surface area contributed by atoms with Crippen LogP contribution in [0.3, 0.4) is 0 Å². The van der Waals surface area contributed by atoms with Crippen LogP contribution in [0.2, 0.25) is 0 Å². The molecule has 0 bridgehead atoms. The molecule has 0 spiro atoms. The highest BCUT2D eigenvalue weighted by Crippen LogP contribution is 2.38. The van der Waals surface area contributed by atoms with Crippen LogP contribution in [0.25, 0.3) is 21.7 Å². The number of hydrogen-bond acceptors (Lipinski definition) is 8. The summed E-state index contributed by atoms with van der Waals surface area (Å²) in [5, 5.41) is 10.2. The van der Waals surface area contributed by atoms with Crippen molar-refractivity contribution in [1.82, 2.24) is 14.6 Å². The van der Waals surface area contributed by atoms with E-state index in [0.717, 1.165) is 10.4 Å². The van der Waals surface area contributed by atoms with Gasteiger partial charge in [0, 0.05) is 0 Å². The van der Waals surface area contributed by atoms with E-state index in [4.69, 9.17) is 14.2 Å². The maximum Gasteiger partial charge on any atom is 0.276 e. The van der Waals surface area contributed by atoms with Gasteiger partial charge in [0.1, 0.15) is 0 Å². The number of ether oxygens (including phenoxy) is 3. The van der Waals surface area contributed by atoms with Gasteiger partial charge in [-0.05, 0) is 35.2 Å². The van der Waals surface area contributed by atoms with E-state index < -0.39 is 0 Å². The Morgan fingerprint density at radius 1 is 1.07 bits per heavy atom. The lowest BCUT2D eigenvalue weighted by Crippen LogP contribution is -2.23. The third-order valence-corrected chi connectivity index (χ3v) is 5.80. The van der Waals surface area contributed by atoms with E-state index in [1.807, 2.05) is 17.5 Å². The van der Waals surface area contributed by atoms with Gasteiger partial charge in [-0.3, -0.25) is 4.79 Å². The summed E-state index contributed by atoms with van der Waals surface area (Å²) in [6, 6.07) is 7.42. The van der Waals surface area contributed by atoms with Gasteiger partial charge < -0.3 is 14.2 Å². The highest BCUT2D eigenvalue weighted by atomic mass is 32.1. The number of nitrogens with zero attached hydrogens (tertiary/aromatic N) is 3. The summed E-state index contributed by atoms with van der Waals surface area (Å²) in [6.45, 7) is 0. The quantitative estimate of drug-likeness (QED) is 0.511. The zero-order valence-corrected chi connectivity index (χ0v) is 16.4. The van der Waals surface area contributed by atoms with Crippen LogP contribution in [0.5, 0.6) is 17.2 Å². The molecule has 0 N–H and O–H groups in total. The van der Waals surface area contributed by atoms with Gasteiger partial charge in [0.05, 0.1) is 30.7 Å². The number of fused-ring (bicyclic) bond motifs is 1. The summed E-state index contributed by atoms with van der Waals surface area (Å²) in [5.74, 6) is 2.12. The Labute approximate surface area is 162 Å². The Bertz CT molecular complexity index is 1190. The molecule has 0 saturated carbocycles. The Hall–Kier alpha value is -2.91.